The highest BCUT2D eigenvalue weighted by molar-refractivity contribution is 6.31. The van der Waals surface area contributed by atoms with Crippen LogP contribution in [0.5, 0.6) is 0 Å². The van der Waals surface area contributed by atoms with Gasteiger partial charge in [0.15, 0.2) is 5.69 Å². The van der Waals surface area contributed by atoms with Gasteiger partial charge in [-0.3, -0.25) is 4.79 Å². The summed E-state index contributed by atoms with van der Waals surface area (Å²) in [5.74, 6) is -0.656. The van der Waals surface area contributed by atoms with Gasteiger partial charge in [-0.15, -0.1) is 5.10 Å². The standard InChI is InChI=1S/C18H16ClFN4O/c1-11-3-8-15(9-16(11)19)24-12(2)17(22-23-24)18(25)21-10-13-4-6-14(20)7-5-13/h3-9H,10H2,1-2H3,(H,21,25). The summed E-state index contributed by atoms with van der Waals surface area (Å²) in [6, 6.07) is 11.5. The molecule has 0 aliphatic carbocycles. The zero-order valence-electron chi connectivity index (χ0n) is 13.8. The van der Waals surface area contributed by atoms with E-state index >= 15 is 0 Å². The average Bonchev–Trinajstić information content (AvgIpc) is 2.98. The average molecular weight is 359 g/mol. The summed E-state index contributed by atoms with van der Waals surface area (Å²) < 4.78 is 14.5. The zero-order chi connectivity index (χ0) is 18.0. The maximum absolute atomic E-state index is 12.9. The molecule has 0 spiro atoms. The zero-order valence-corrected chi connectivity index (χ0v) is 14.5. The van der Waals surface area contributed by atoms with Crippen LogP contribution < -0.4 is 5.32 Å². The van der Waals surface area contributed by atoms with E-state index < -0.39 is 0 Å². The first-order valence-electron chi connectivity index (χ1n) is 7.67. The number of rotatable bonds is 4. The predicted octanol–water partition coefficient (Wildman–Crippen LogP) is 3.61. The van der Waals surface area contributed by atoms with Gasteiger partial charge in [-0.25, -0.2) is 9.07 Å². The van der Waals surface area contributed by atoms with Gasteiger partial charge < -0.3 is 5.32 Å². The van der Waals surface area contributed by atoms with Crippen molar-refractivity contribution >= 4 is 17.5 Å². The van der Waals surface area contributed by atoms with E-state index in [0.29, 0.717) is 10.7 Å². The highest BCUT2D eigenvalue weighted by atomic mass is 35.5. The fourth-order valence-corrected chi connectivity index (χ4v) is 2.54. The molecule has 0 fully saturated rings. The van der Waals surface area contributed by atoms with E-state index in [1.54, 1.807) is 29.8 Å². The molecule has 7 heteroatoms. The van der Waals surface area contributed by atoms with Crippen molar-refractivity contribution in [2.45, 2.75) is 20.4 Å². The fourth-order valence-electron chi connectivity index (χ4n) is 2.37. The van der Waals surface area contributed by atoms with Crippen LogP contribution in [0, 0.1) is 19.7 Å². The van der Waals surface area contributed by atoms with E-state index in [0.717, 1.165) is 16.8 Å². The Balaban J connectivity index is 1.76. The number of carbonyl (C=O) groups is 1. The number of amides is 1. The lowest BCUT2D eigenvalue weighted by Gasteiger charge is -2.06. The first kappa shape index (κ1) is 17.1. The minimum absolute atomic E-state index is 0.235. The largest absolute Gasteiger partial charge is 0.347 e. The molecule has 1 aromatic heterocycles. The molecule has 0 atom stereocenters. The molecule has 25 heavy (non-hydrogen) atoms. The maximum atomic E-state index is 12.9. The highest BCUT2D eigenvalue weighted by Crippen LogP contribution is 2.20. The SMILES string of the molecule is Cc1ccc(-n2nnc(C(=O)NCc3ccc(F)cc3)c2C)cc1Cl. The van der Waals surface area contributed by atoms with Gasteiger partial charge in [-0.1, -0.05) is 35.0 Å². The van der Waals surface area contributed by atoms with Gasteiger partial charge in [0.25, 0.3) is 5.91 Å². The molecule has 0 radical (unpaired) electrons. The van der Waals surface area contributed by atoms with Crippen LogP contribution in [0.1, 0.15) is 27.3 Å². The summed E-state index contributed by atoms with van der Waals surface area (Å²) in [6.45, 7) is 3.96. The van der Waals surface area contributed by atoms with E-state index in [2.05, 4.69) is 15.6 Å². The van der Waals surface area contributed by atoms with E-state index in [1.165, 1.54) is 12.1 Å². The molecule has 0 saturated heterocycles. The van der Waals surface area contributed by atoms with Crippen LogP contribution in [0.3, 0.4) is 0 Å². The van der Waals surface area contributed by atoms with Crippen molar-refractivity contribution in [2.75, 3.05) is 0 Å². The van der Waals surface area contributed by atoms with E-state index in [9.17, 15) is 9.18 Å². The second kappa shape index (κ2) is 7.03. The molecule has 0 aliphatic rings. The number of halogens is 2. The van der Waals surface area contributed by atoms with Crippen LogP contribution in [0.25, 0.3) is 5.69 Å². The molecule has 1 N–H and O–H groups in total. The molecule has 2 aromatic carbocycles. The summed E-state index contributed by atoms with van der Waals surface area (Å²) >= 11 is 6.15. The molecule has 5 nitrogen and oxygen atoms in total. The molecule has 0 bridgehead atoms. The van der Waals surface area contributed by atoms with Crippen molar-refractivity contribution in [3.05, 3.63) is 75.8 Å². The Bertz CT molecular complexity index is 921. The second-order valence-corrected chi connectivity index (χ2v) is 6.09. The second-order valence-electron chi connectivity index (χ2n) is 5.68. The van der Waals surface area contributed by atoms with Crippen molar-refractivity contribution in [1.82, 2.24) is 20.3 Å². The van der Waals surface area contributed by atoms with Gasteiger partial charge in [0, 0.05) is 11.6 Å². The predicted molar refractivity (Wildman–Crippen MR) is 93.4 cm³/mol. The van der Waals surface area contributed by atoms with Crippen molar-refractivity contribution in [1.29, 1.82) is 0 Å². The maximum Gasteiger partial charge on any atom is 0.274 e. The van der Waals surface area contributed by atoms with E-state index in [1.807, 2.05) is 19.1 Å². The molecule has 0 saturated carbocycles. The lowest BCUT2D eigenvalue weighted by molar-refractivity contribution is 0.0945. The molecular weight excluding hydrogens is 343 g/mol. The number of aromatic nitrogens is 3. The van der Waals surface area contributed by atoms with Gasteiger partial charge in [-0.05, 0) is 49.2 Å². The molecule has 1 heterocycles. The summed E-state index contributed by atoms with van der Waals surface area (Å²) in [5.41, 5.74) is 3.33. The van der Waals surface area contributed by atoms with Gasteiger partial charge in [0.1, 0.15) is 5.82 Å². The van der Waals surface area contributed by atoms with Crippen molar-refractivity contribution in [2.24, 2.45) is 0 Å². The Morgan fingerprint density at radius 2 is 1.92 bits per heavy atom. The number of benzene rings is 2. The summed E-state index contributed by atoms with van der Waals surface area (Å²) in [6.07, 6.45) is 0. The molecular formula is C18H16ClFN4O. The summed E-state index contributed by atoms with van der Waals surface area (Å²) in [5, 5.41) is 11.4. The monoisotopic (exact) mass is 358 g/mol. The molecule has 0 unspecified atom stereocenters. The molecule has 128 valence electrons. The lowest BCUT2D eigenvalue weighted by atomic mass is 10.2. The smallest absolute Gasteiger partial charge is 0.274 e. The first-order chi connectivity index (χ1) is 12.0. The van der Waals surface area contributed by atoms with Crippen LogP contribution in [-0.2, 0) is 6.54 Å². The Hall–Kier alpha value is -2.73. The van der Waals surface area contributed by atoms with Gasteiger partial charge in [0.2, 0.25) is 0 Å². The Kier molecular flexibility index (Phi) is 4.81. The van der Waals surface area contributed by atoms with Crippen molar-refractivity contribution in [3.8, 4) is 5.69 Å². The van der Waals surface area contributed by atoms with Crippen LogP contribution in [0.15, 0.2) is 42.5 Å². The Morgan fingerprint density at radius 3 is 2.60 bits per heavy atom. The number of carbonyl (C=O) groups excluding carboxylic acids is 1. The third kappa shape index (κ3) is 3.69. The summed E-state index contributed by atoms with van der Waals surface area (Å²) in [4.78, 5) is 12.3. The topological polar surface area (TPSA) is 59.8 Å². The highest BCUT2D eigenvalue weighted by Gasteiger charge is 2.17. The normalized spacial score (nSPS) is 10.7. The number of aryl methyl sites for hydroxylation is 1. The van der Waals surface area contributed by atoms with Crippen LogP contribution in [0.4, 0.5) is 4.39 Å². The molecule has 0 aliphatic heterocycles. The first-order valence-corrected chi connectivity index (χ1v) is 8.05. The van der Waals surface area contributed by atoms with Crippen molar-refractivity contribution in [3.63, 3.8) is 0 Å². The minimum Gasteiger partial charge on any atom is -0.347 e. The van der Waals surface area contributed by atoms with Gasteiger partial charge in [-0.2, -0.15) is 0 Å². The molecule has 1 amide bonds. The van der Waals surface area contributed by atoms with Crippen molar-refractivity contribution < 1.29 is 9.18 Å². The van der Waals surface area contributed by atoms with Gasteiger partial charge in [0.05, 0.1) is 11.4 Å². The van der Waals surface area contributed by atoms with Crippen LogP contribution in [-0.4, -0.2) is 20.9 Å². The van der Waals surface area contributed by atoms with Gasteiger partial charge >= 0.3 is 0 Å². The third-order valence-corrected chi connectivity index (χ3v) is 4.28. The van der Waals surface area contributed by atoms with Crippen LogP contribution in [0.2, 0.25) is 5.02 Å². The quantitative estimate of drug-likeness (QED) is 0.775. The fraction of sp³-hybridized carbons (Fsp3) is 0.167. The van der Waals surface area contributed by atoms with E-state index in [-0.39, 0.29) is 24.0 Å². The molecule has 3 rings (SSSR count). The Morgan fingerprint density at radius 1 is 1.20 bits per heavy atom. The number of nitrogens with zero attached hydrogens (tertiary/aromatic N) is 3. The van der Waals surface area contributed by atoms with E-state index in [4.69, 9.17) is 11.6 Å². The Labute approximate surface area is 149 Å². The molecule has 3 aromatic rings. The number of hydrogen-bond acceptors (Lipinski definition) is 3. The number of hydrogen-bond donors (Lipinski definition) is 1. The minimum atomic E-state index is -0.341. The summed E-state index contributed by atoms with van der Waals surface area (Å²) in [7, 11) is 0. The lowest BCUT2D eigenvalue weighted by Crippen LogP contribution is -2.24. The third-order valence-electron chi connectivity index (χ3n) is 3.88. The van der Waals surface area contributed by atoms with Crippen LogP contribution >= 0.6 is 11.6 Å². The number of nitrogens with one attached hydrogen (secondary N) is 1.